The van der Waals surface area contributed by atoms with E-state index in [2.05, 4.69) is 0 Å². The number of rotatable bonds is 3. The van der Waals surface area contributed by atoms with Gasteiger partial charge in [0.05, 0.1) is 5.25 Å². The lowest BCUT2D eigenvalue weighted by Crippen LogP contribution is -2.36. The molecular formula is C14H18N2OS2. The Kier molecular flexibility index (Phi) is 4.82. The highest BCUT2D eigenvalue weighted by Gasteiger charge is 2.25. The molecule has 19 heavy (non-hydrogen) atoms. The van der Waals surface area contributed by atoms with Gasteiger partial charge in [-0.05, 0) is 42.9 Å². The zero-order valence-electron chi connectivity index (χ0n) is 11.0. The van der Waals surface area contributed by atoms with E-state index in [4.69, 9.17) is 18.0 Å². The Morgan fingerprint density at radius 1 is 1.37 bits per heavy atom. The summed E-state index contributed by atoms with van der Waals surface area (Å²) in [5, 5.41) is 0.106. The van der Waals surface area contributed by atoms with Crippen LogP contribution in [-0.2, 0) is 4.79 Å². The van der Waals surface area contributed by atoms with Crippen LogP contribution in [0.25, 0.3) is 0 Å². The molecule has 1 aromatic carbocycles. The third-order valence-corrected chi connectivity index (χ3v) is 4.92. The second kappa shape index (κ2) is 6.39. The lowest BCUT2D eigenvalue weighted by Gasteiger charge is -2.26. The van der Waals surface area contributed by atoms with Crippen molar-refractivity contribution in [2.24, 2.45) is 5.73 Å². The van der Waals surface area contributed by atoms with E-state index in [-0.39, 0.29) is 11.2 Å². The Hall–Kier alpha value is -1.07. The van der Waals surface area contributed by atoms with Crippen molar-refractivity contribution in [2.45, 2.75) is 24.5 Å². The van der Waals surface area contributed by atoms with Crippen LogP contribution in [-0.4, -0.2) is 28.9 Å². The van der Waals surface area contributed by atoms with Gasteiger partial charge in [0, 0.05) is 18.3 Å². The van der Waals surface area contributed by atoms with E-state index < -0.39 is 0 Å². The first-order valence-corrected chi connectivity index (χ1v) is 7.84. The Bertz CT molecular complexity index is 467. The highest BCUT2D eigenvalue weighted by molar-refractivity contribution is 8.00. The van der Waals surface area contributed by atoms with Gasteiger partial charge < -0.3 is 10.6 Å². The lowest BCUT2D eigenvalue weighted by molar-refractivity contribution is -0.118. The summed E-state index contributed by atoms with van der Waals surface area (Å²) in [5.74, 6) is 1.28. The van der Waals surface area contributed by atoms with Gasteiger partial charge in [0.25, 0.3) is 0 Å². The largest absolute Gasteiger partial charge is 0.389 e. The molecule has 1 heterocycles. The molecule has 2 N–H and O–H groups in total. The van der Waals surface area contributed by atoms with E-state index in [0.29, 0.717) is 4.99 Å². The average Bonchev–Trinajstić information content (AvgIpc) is 2.46. The fourth-order valence-electron chi connectivity index (χ4n) is 2.13. The van der Waals surface area contributed by atoms with Gasteiger partial charge in [-0.15, -0.1) is 11.8 Å². The highest BCUT2D eigenvalue weighted by Crippen LogP contribution is 2.28. The second-order valence-corrected chi connectivity index (χ2v) is 6.41. The summed E-state index contributed by atoms with van der Waals surface area (Å²) < 4.78 is 0. The second-order valence-electron chi connectivity index (χ2n) is 4.66. The average molecular weight is 294 g/mol. The van der Waals surface area contributed by atoms with Crippen LogP contribution in [0, 0.1) is 0 Å². The molecule has 102 valence electrons. The number of amides is 1. The zero-order chi connectivity index (χ0) is 13.8. The quantitative estimate of drug-likeness (QED) is 0.870. The van der Waals surface area contributed by atoms with Crippen LogP contribution in [0.5, 0.6) is 0 Å². The van der Waals surface area contributed by atoms with Crippen LogP contribution in [0.1, 0.15) is 24.8 Å². The molecule has 0 aromatic heterocycles. The van der Waals surface area contributed by atoms with Crippen molar-refractivity contribution in [1.82, 2.24) is 0 Å². The zero-order valence-corrected chi connectivity index (χ0v) is 12.6. The molecule has 0 bridgehead atoms. The van der Waals surface area contributed by atoms with Crippen molar-refractivity contribution >= 4 is 40.6 Å². The molecule has 1 aliphatic heterocycles. The highest BCUT2D eigenvalue weighted by atomic mass is 32.2. The summed E-state index contributed by atoms with van der Waals surface area (Å²) in [6.07, 6.45) is 3.36. The fraction of sp³-hybridized carbons (Fsp3) is 0.429. The maximum atomic E-state index is 12.4. The van der Waals surface area contributed by atoms with E-state index in [1.165, 1.54) is 6.42 Å². The molecule has 0 saturated carbocycles. The van der Waals surface area contributed by atoms with Crippen LogP contribution >= 0.6 is 24.0 Å². The predicted molar refractivity (Wildman–Crippen MR) is 85.8 cm³/mol. The maximum absolute atomic E-state index is 12.4. The first-order chi connectivity index (χ1) is 9.09. The Balaban J connectivity index is 2.07. The third-order valence-electron chi connectivity index (χ3n) is 3.32. The van der Waals surface area contributed by atoms with Crippen molar-refractivity contribution in [1.29, 1.82) is 0 Å². The fourth-order valence-corrected chi connectivity index (χ4v) is 3.55. The molecule has 0 aliphatic carbocycles. The molecule has 1 aromatic rings. The number of thioether (sulfide) groups is 1. The monoisotopic (exact) mass is 294 g/mol. The first kappa shape index (κ1) is 14.3. The van der Waals surface area contributed by atoms with Gasteiger partial charge in [-0.3, -0.25) is 4.79 Å². The summed E-state index contributed by atoms with van der Waals surface area (Å²) in [6, 6.07) is 7.49. The summed E-state index contributed by atoms with van der Waals surface area (Å²) in [5.41, 5.74) is 7.28. The van der Waals surface area contributed by atoms with Gasteiger partial charge in [0.1, 0.15) is 4.99 Å². The van der Waals surface area contributed by atoms with Crippen LogP contribution in [0.3, 0.4) is 0 Å². The maximum Gasteiger partial charge on any atom is 0.239 e. The van der Waals surface area contributed by atoms with Crippen molar-refractivity contribution in [2.75, 3.05) is 17.7 Å². The first-order valence-electron chi connectivity index (χ1n) is 6.38. The number of nitrogens with zero attached hydrogens (tertiary/aromatic N) is 1. The molecule has 1 amide bonds. The lowest BCUT2D eigenvalue weighted by atomic mass is 10.1. The van der Waals surface area contributed by atoms with Crippen molar-refractivity contribution in [3.8, 4) is 0 Å². The van der Waals surface area contributed by atoms with Gasteiger partial charge in [-0.1, -0.05) is 18.6 Å². The normalized spacial score (nSPS) is 18.9. The van der Waals surface area contributed by atoms with E-state index in [1.54, 1.807) is 16.7 Å². The summed E-state index contributed by atoms with van der Waals surface area (Å²) in [7, 11) is 1.83. The molecule has 1 saturated heterocycles. The molecule has 2 rings (SSSR count). The van der Waals surface area contributed by atoms with Crippen molar-refractivity contribution in [3.05, 3.63) is 29.8 Å². The van der Waals surface area contributed by atoms with Gasteiger partial charge in [0.2, 0.25) is 5.91 Å². The standard InChI is InChI=1S/C14H18N2OS2/c1-16(14(17)12-4-2-3-9-19-12)11-7-5-10(6-8-11)13(15)18/h5-8,12H,2-4,9H2,1H3,(H2,15,18). The number of hydrogen-bond donors (Lipinski definition) is 1. The van der Waals surface area contributed by atoms with Crippen LogP contribution in [0.4, 0.5) is 5.69 Å². The number of hydrogen-bond acceptors (Lipinski definition) is 3. The minimum atomic E-state index is 0.106. The van der Waals surface area contributed by atoms with Crippen molar-refractivity contribution in [3.63, 3.8) is 0 Å². The number of thiocarbonyl (C=S) groups is 1. The molecular weight excluding hydrogens is 276 g/mol. The van der Waals surface area contributed by atoms with E-state index in [1.807, 2.05) is 31.3 Å². The van der Waals surface area contributed by atoms with Gasteiger partial charge in [-0.2, -0.15) is 0 Å². The summed E-state index contributed by atoms with van der Waals surface area (Å²) >= 11 is 6.69. The van der Waals surface area contributed by atoms with Crippen LogP contribution in [0.2, 0.25) is 0 Å². The van der Waals surface area contributed by atoms with Crippen LogP contribution < -0.4 is 10.6 Å². The minimum Gasteiger partial charge on any atom is -0.389 e. The smallest absolute Gasteiger partial charge is 0.239 e. The summed E-state index contributed by atoms with van der Waals surface area (Å²) in [6.45, 7) is 0. The number of benzene rings is 1. The summed E-state index contributed by atoms with van der Waals surface area (Å²) in [4.78, 5) is 14.5. The van der Waals surface area contributed by atoms with Gasteiger partial charge in [-0.25, -0.2) is 0 Å². The predicted octanol–water partition coefficient (Wildman–Crippen LogP) is 2.57. The van der Waals surface area contributed by atoms with Crippen molar-refractivity contribution < 1.29 is 4.79 Å². The molecule has 1 unspecified atom stereocenters. The Labute approximate surface area is 123 Å². The molecule has 0 radical (unpaired) electrons. The van der Waals surface area contributed by atoms with Gasteiger partial charge >= 0.3 is 0 Å². The van der Waals surface area contributed by atoms with E-state index in [0.717, 1.165) is 29.8 Å². The number of carbonyl (C=O) groups excluding carboxylic acids is 1. The molecule has 1 fully saturated rings. The number of carbonyl (C=O) groups is 1. The molecule has 3 nitrogen and oxygen atoms in total. The molecule has 0 spiro atoms. The minimum absolute atomic E-state index is 0.106. The van der Waals surface area contributed by atoms with E-state index in [9.17, 15) is 4.79 Å². The van der Waals surface area contributed by atoms with Crippen LogP contribution in [0.15, 0.2) is 24.3 Å². The molecule has 5 heteroatoms. The number of anilines is 1. The Morgan fingerprint density at radius 2 is 2.05 bits per heavy atom. The van der Waals surface area contributed by atoms with Gasteiger partial charge in [0.15, 0.2) is 0 Å². The Morgan fingerprint density at radius 3 is 2.58 bits per heavy atom. The molecule has 1 aliphatic rings. The SMILES string of the molecule is CN(C(=O)C1CCCCS1)c1ccc(C(N)=S)cc1. The molecule has 1 atom stereocenters. The van der Waals surface area contributed by atoms with E-state index >= 15 is 0 Å². The topological polar surface area (TPSA) is 46.3 Å². The number of nitrogens with two attached hydrogens (primary N) is 1. The third kappa shape index (κ3) is 3.48.